The highest BCUT2D eigenvalue weighted by Gasteiger charge is 2.10. The van der Waals surface area contributed by atoms with Crippen LogP contribution < -0.4 is 15.0 Å². The van der Waals surface area contributed by atoms with E-state index in [2.05, 4.69) is 15.3 Å². The SMILES string of the molecule is CCOc1cc(C=Nn2c(SCc3ccccc3)nnc(C)c2=O)ccc1OC. The predicted octanol–water partition coefficient (Wildman–Crippen LogP) is 3.53. The minimum absolute atomic E-state index is 0.288. The molecule has 0 aliphatic rings. The van der Waals surface area contributed by atoms with Gasteiger partial charge in [-0.05, 0) is 43.2 Å². The van der Waals surface area contributed by atoms with Gasteiger partial charge in [0.2, 0.25) is 5.16 Å². The first-order valence-corrected chi connectivity index (χ1v) is 10.1. The van der Waals surface area contributed by atoms with Gasteiger partial charge in [-0.15, -0.1) is 10.2 Å². The van der Waals surface area contributed by atoms with Gasteiger partial charge in [-0.3, -0.25) is 4.79 Å². The summed E-state index contributed by atoms with van der Waals surface area (Å²) >= 11 is 1.41. The molecule has 2 aromatic carbocycles. The molecule has 8 heteroatoms. The lowest BCUT2D eigenvalue weighted by Crippen LogP contribution is -2.23. The van der Waals surface area contributed by atoms with Crippen molar-refractivity contribution >= 4 is 18.0 Å². The number of benzene rings is 2. The summed E-state index contributed by atoms with van der Waals surface area (Å²) in [4.78, 5) is 12.6. The van der Waals surface area contributed by atoms with Gasteiger partial charge in [0.15, 0.2) is 11.5 Å². The summed E-state index contributed by atoms with van der Waals surface area (Å²) < 4.78 is 12.2. The van der Waals surface area contributed by atoms with Crippen molar-refractivity contribution in [2.24, 2.45) is 5.10 Å². The Kier molecular flexibility index (Phi) is 7.02. The van der Waals surface area contributed by atoms with Crippen LogP contribution in [0, 0.1) is 6.92 Å². The van der Waals surface area contributed by atoms with Gasteiger partial charge >= 0.3 is 0 Å². The normalized spacial score (nSPS) is 11.0. The van der Waals surface area contributed by atoms with E-state index in [4.69, 9.17) is 9.47 Å². The van der Waals surface area contributed by atoms with E-state index in [-0.39, 0.29) is 11.3 Å². The van der Waals surface area contributed by atoms with E-state index in [1.54, 1.807) is 26.3 Å². The average Bonchev–Trinajstić information content (AvgIpc) is 2.75. The zero-order valence-electron chi connectivity index (χ0n) is 16.5. The third-order valence-electron chi connectivity index (χ3n) is 3.99. The van der Waals surface area contributed by atoms with Crippen molar-refractivity contribution in [1.82, 2.24) is 14.9 Å². The van der Waals surface area contributed by atoms with Crippen LogP contribution in [-0.4, -0.2) is 34.8 Å². The standard InChI is InChI=1S/C21H22N4O3S/c1-4-28-19-12-17(10-11-18(19)27-3)13-22-25-20(26)15(2)23-24-21(25)29-14-16-8-6-5-7-9-16/h5-13H,4,14H2,1-3H3. The highest BCUT2D eigenvalue weighted by molar-refractivity contribution is 7.98. The fraction of sp³-hybridized carbons (Fsp3) is 0.238. The van der Waals surface area contributed by atoms with E-state index in [1.165, 1.54) is 16.4 Å². The van der Waals surface area contributed by atoms with Gasteiger partial charge in [0.25, 0.3) is 5.56 Å². The summed E-state index contributed by atoms with van der Waals surface area (Å²) in [6.45, 7) is 4.04. The van der Waals surface area contributed by atoms with E-state index >= 15 is 0 Å². The van der Waals surface area contributed by atoms with Crippen LogP contribution in [0.3, 0.4) is 0 Å². The van der Waals surface area contributed by atoms with Crippen molar-refractivity contribution in [3.05, 3.63) is 75.7 Å². The van der Waals surface area contributed by atoms with Crippen LogP contribution in [0.4, 0.5) is 0 Å². The first-order valence-electron chi connectivity index (χ1n) is 9.10. The Hall–Kier alpha value is -3.13. The van der Waals surface area contributed by atoms with Gasteiger partial charge in [-0.2, -0.15) is 9.78 Å². The molecule has 150 valence electrons. The molecule has 0 radical (unpaired) electrons. The Labute approximate surface area is 173 Å². The summed E-state index contributed by atoms with van der Waals surface area (Å²) in [6, 6.07) is 15.4. The van der Waals surface area contributed by atoms with Gasteiger partial charge in [0.1, 0.15) is 5.69 Å². The molecule has 0 saturated heterocycles. The molecule has 0 unspecified atom stereocenters. The second-order valence-electron chi connectivity index (χ2n) is 6.05. The molecule has 0 fully saturated rings. The van der Waals surface area contributed by atoms with E-state index in [1.807, 2.05) is 49.4 Å². The quantitative estimate of drug-likeness (QED) is 0.418. The van der Waals surface area contributed by atoms with Gasteiger partial charge < -0.3 is 9.47 Å². The third kappa shape index (κ3) is 5.23. The van der Waals surface area contributed by atoms with Gasteiger partial charge in [0.05, 0.1) is 19.9 Å². The first kappa shape index (κ1) is 20.6. The van der Waals surface area contributed by atoms with Crippen LogP contribution in [-0.2, 0) is 5.75 Å². The molecule has 1 heterocycles. The molecule has 0 amide bonds. The molecule has 0 N–H and O–H groups in total. The Morgan fingerprint density at radius 2 is 1.93 bits per heavy atom. The van der Waals surface area contributed by atoms with Crippen LogP contribution >= 0.6 is 11.8 Å². The van der Waals surface area contributed by atoms with Crippen molar-refractivity contribution in [3.8, 4) is 11.5 Å². The minimum atomic E-state index is -0.301. The van der Waals surface area contributed by atoms with Gasteiger partial charge in [-0.25, -0.2) is 0 Å². The van der Waals surface area contributed by atoms with Crippen molar-refractivity contribution in [2.45, 2.75) is 24.8 Å². The second-order valence-corrected chi connectivity index (χ2v) is 6.99. The largest absolute Gasteiger partial charge is 0.493 e. The van der Waals surface area contributed by atoms with Crippen molar-refractivity contribution < 1.29 is 9.47 Å². The van der Waals surface area contributed by atoms with Crippen LogP contribution in [0.5, 0.6) is 11.5 Å². The number of thioether (sulfide) groups is 1. The lowest BCUT2D eigenvalue weighted by Gasteiger charge is -2.10. The summed E-state index contributed by atoms with van der Waals surface area (Å²) in [7, 11) is 1.59. The lowest BCUT2D eigenvalue weighted by molar-refractivity contribution is 0.311. The smallest absolute Gasteiger partial charge is 0.296 e. The molecule has 0 aliphatic heterocycles. The highest BCUT2D eigenvalue weighted by atomic mass is 32.2. The molecular weight excluding hydrogens is 388 g/mol. The van der Waals surface area contributed by atoms with E-state index in [9.17, 15) is 4.79 Å². The zero-order chi connectivity index (χ0) is 20.6. The minimum Gasteiger partial charge on any atom is -0.493 e. The Bertz CT molecular complexity index is 1050. The Morgan fingerprint density at radius 3 is 2.66 bits per heavy atom. The molecule has 0 spiro atoms. The number of aryl methyl sites for hydroxylation is 1. The van der Waals surface area contributed by atoms with Crippen LogP contribution in [0.15, 0.2) is 63.6 Å². The second kappa shape index (κ2) is 9.88. The van der Waals surface area contributed by atoms with E-state index in [0.29, 0.717) is 29.0 Å². The Morgan fingerprint density at radius 1 is 1.14 bits per heavy atom. The molecule has 0 atom stereocenters. The highest BCUT2D eigenvalue weighted by Crippen LogP contribution is 2.27. The summed E-state index contributed by atoms with van der Waals surface area (Å²) in [5.74, 6) is 1.92. The molecule has 0 aliphatic carbocycles. The first-order chi connectivity index (χ1) is 14.1. The maximum absolute atomic E-state index is 12.6. The number of hydrogen-bond donors (Lipinski definition) is 0. The lowest BCUT2D eigenvalue weighted by atomic mass is 10.2. The van der Waals surface area contributed by atoms with Crippen molar-refractivity contribution in [2.75, 3.05) is 13.7 Å². The molecule has 7 nitrogen and oxygen atoms in total. The number of rotatable bonds is 8. The zero-order valence-corrected chi connectivity index (χ0v) is 17.3. The van der Waals surface area contributed by atoms with Crippen LogP contribution in [0.1, 0.15) is 23.7 Å². The van der Waals surface area contributed by atoms with Crippen LogP contribution in [0.25, 0.3) is 0 Å². The summed E-state index contributed by atoms with van der Waals surface area (Å²) in [5.41, 5.74) is 1.88. The van der Waals surface area contributed by atoms with Crippen molar-refractivity contribution in [3.63, 3.8) is 0 Å². The molecule has 1 aromatic heterocycles. The monoisotopic (exact) mass is 410 g/mol. The molecule has 0 bridgehead atoms. The molecule has 0 saturated carbocycles. The number of ether oxygens (including phenoxy) is 2. The fourth-order valence-electron chi connectivity index (χ4n) is 2.52. The topological polar surface area (TPSA) is 78.6 Å². The summed E-state index contributed by atoms with van der Waals surface area (Å²) in [5, 5.41) is 12.9. The Balaban J connectivity index is 1.88. The van der Waals surface area contributed by atoms with E-state index < -0.39 is 0 Å². The number of nitrogens with zero attached hydrogens (tertiary/aromatic N) is 4. The van der Waals surface area contributed by atoms with Gasteiger partial charge in [0, 0.05) is 5.75 Å². The molecular formula is C21H22N4O3S. The van der Waals surface area contributed by atoms with Gasteiger partial charge in [-0.1, -0.05) is 42.1 Å². The number of methoxy groups -OCH3 is 1. The summed E-state index contributed by atoms with van der Waals surface area (Å²) in [6.07, 6.45) is 1.59. The third-order valence-corrected chi connectivity index (χ3v) is 4.98. The fourth-order valence-corrected chi connectivity index (χ4v) is 3.36. The predicted molar refractivity (Wildman–Crippen MR) is 114 cm³/mol. The van der Waals surface area contributed by atoms with Crippen molar-refractivity contribution in [1.29, 1.82) is 0 Å². The molecule has 29 heavy (non-hydrogen) atoms. The number of aromatic nitrogens is 3. The number of hydrogen-bond acceptors (Lipinski definition) is 7. The van der Waals surface area contributed by atoms with E-state index in [0.717, 1.165) is 11.1 Å². The molecule has 3 aromatic rings. The van der Waals surface area contributed by atoms with Crippen LogP contribution in [0.2, 0.25) is 0 Å². The average molecular weight is 410 g/mol. The molecule has 3 rings (SSSR count). The maximum Gasteiger partial charge on any atom is 0.296 e. The maximum atomic E-state index is 12.6.